The van der Waals surface area contributed by atoms with Gasteiger partial charge in [-0.05, 0) is 42.5 Å². The number of nitrogens with one attached hydrogen (secondary N) is 2. The average molecular weight is 324 g/mol. The van der Waals surface area contributed by atoms with Gasteiger partial charge in [-0.3, -0.25) is 4.79 Å². The standard InChI is InChI=1S/C16H24N2O3S/c1-11-5-4-6-16(12(11)2)18-22(20,21)15-9-7-14(8-10-15)17-13(3)19/h7-12,16,18H,4-6H2,1-3H3,(H,17,19). The summed E-state index contributed by atoms with van der Waals surface area (Å²) in [5.41, 5.74) is 0.589. The van der Waals surface area contributed by atoms with Gasteiger partial charge in [0.15, 0.2) is 0 Å². The molecule has 6 heteroatoms. The maximum absolute atomic E-state index is 12.5. The van der Waals surface area contributed by atoms with Gasteiger partial charge in [0.25, 0.3) is 0 Å². The first-order valence-electron chi connectivity index (χ1n) is 7.69. The lowest BCUT2D eigenvalue weighted by Crippen LogP contribution is -2.43. The molecule has 3 unspecified atom stereocenters. The molecule has 0 saturated heterocycles. The molecule has 0 aromatic heterocycles. The molecule has 122 valence electrons. The first kappa shape index (κ1) is 17.0. The molecular formula is C16H24N2O3S. The van der Waals surface area contributed by atoms with E-state index < -0.39 is 10.0 Å². The minimum atomic E-state index is -3.52. The fraction of sp³-hybridized carbons (Fsp3) is 0.562. The van der Waals surface area contributed by atoms with Gasteiger partial charge < -0.3 is 5.32 Å². The second-order valence-electron chi connectivity index (χ2n) is 6.20. The van der Waals surface area contributed by atoms with Gasteiger partial charge >= 0.3 is 0 Å². The molecule has 5 nitrogen and oxygen atoms in total. The number of benzene rings is 1. The van der Waals surface area contributed by atoms with Crippen molar-refractivity contribution in [2.24, 2.45) is 11.8 Å². The van der Waals surface area contributed by atoms with E-state index in [-0.39, 0.29) is 16.8 Å². The topological polar surface area (TPSA) is 75.3 Å². The number of carbonyl (C=O) groups is 1. The maximum atomic E-state index is 12.5. The zero-order valence-electron chi connectivity index (χ0n) is 13.3. The highest BCUT2D eigenvalue weighted by molar-refractivity contribution is 7.89. The van der Waals surface area contributed by atoms with Crippen LogP contribution in [0.4, 0.5) is 5.69 Å². The third kappa shape index (κ3) is 4.08. The third-order valence-electron chi connectivity index (χ3n) is 4.50. The molecule has 0 spiro atoms. The summed E-state index contributed by atoms with van der Waals surface area (Å²) >= 11 is 0. The van der Waals surface area contributed by atoms with Crippen LogP contribution < -0.4 is 10.0 Å². The summed E-state index contributed by atoms with van der Waals surface area (Å²) in [6.07, 6.45) is 3.10. The van der Waals surface area contributed by atoms with Crippen molar-refractivity contribution in [1.82, 2.24) is 4.72 Å². The highest BCUT2D eigenvalue weighted by atomic mass is 32.2. The van der Waals surface area contributed by atoms with Crippen molar-refractivity contribution < 1.29 is 13.2 Å². The zero-order chi connectivity index (χ0) is 16.3. The van der Waals surface area contributed by atoms with Crippen LogP contribution in [0.1, 0.15) is 40.0 Å². The largest absolute Gasteiger partial charge is 0.326 e. The normalized spacial score (nSPS) is 25.7. The third-order valence-corrected chi connectivity index (χ3v) is 6.00. The lowest BCUT2D eigenvalue weighted by Gasteiger charge is -2.34. The molecule has 1 aliphatic rings. The monoisotopic (exact) mass is 324 g/mol. The molecule has 3 atom stereocenters. The van der Waals surface area contributed by atoms with Gasteiger partial charge in [-0.15, -0.1) is 0 Å². The van der Waals surface area contributed by atoms with E-state index in [1.165, 1.54) is 19.1 Å². The summed E-state index contributed by atoms with van der Waals surface area (Å²) in [7, 11) is -3.52. The van der Waals surface area contributed by atoms with E-state index >= 15 is 0 Å². The van der Waals surface area contributed by atoms with Crippen LogP contribution in [0.15, 0.2) is 29.2 Å². The Balaban J connectivity index is 2.11. The predicted octanol–water partition coefficient (Wildman–Crippen LogP) is 2.75. The number of rotatable bonds is 4. The summed E-state index contributed by atoms with van der Waals surface area (Å²) in [4.78, 5) is 11.2. The molecular weight excluding hydrogens is 300 g/mol. The van der Waals surface area contributed by atoms with Gasteiger partial charge in [-0.2, -0.15) is 0 Å². The molecule has 22 heavy (non-hydrogen) atoms. The van der Waals surface area contributed by atoms with Crippen LogP contribution in [0.3, 0.4) is 0 Å². The fourth-order valence-corrected chi connectivity index (χ4v) is 4.30. The van der Waals surface area contributed by atoms with E-state index in [2.05, 4.69) is 23.9 Å². The van der Waals surface area contributed by atoms with Crippen molar-refractivity contribution in [3.8, 4) is 0 Å². The highest BCUT2D eigenvalue weighted by Gasteiger charge is 2.30. The van der Waals surface area contributed by atoms with Crippen LogP contribution in [-0.2, 0) is 14.8 Å². The van der Waals surface area contributed by atoms with Crippen LogP contribution in [-0.4, -0.2) is 20.4 Å². The van der Waals surface area contributed by atoms with E-state index in [1.807, 2.05) is 0 Å². The van der Waals surface area contributed by atoms with Crippen molar-refractivity contribution in [2.75, 3.05) is 5.32 Å². The summed E-state index contributed by atoms with van der Waals surface area (Å²) in [5.74, 6) is 0.685. The Morgan fingerprint density at radius 1 is 1.14 bits per heavy atom. The minimum Gasteiger partial charge on any atom is -0.326 e. The summed E-state index contributed by atoms with van der Waals surface area (Å²) < 4.78 is 27.8. The van der Waals surface area contributed by atoms with Crippen molar-refractivity contribution in [1.29, 1.82) is 0 Å². The van der Waals surface area contributed by atoms with Gasteiger partial charge in [0.1, 0.15) is 0 Å². The van der Waals surface area contributed by atoms with Crippen LogP contribution in [0, 0.1) is 11.8 Å². The second kappa shape index (κ2) is 6.79. The van der Waals surface area contributed by atoms with E-state index in [0.717, 1.165) is 19.3 Å². The van der Waals surface area contributed by atoms with Crippen LogP contribution in [0.25, 0.3) is 0 Å². The summed E-state index contributed by atoms with van der Waals surface area (Å²) in [6, 6.07) is 6.23. The summed E-state index contributed by atoms with van der Waals surface area (Å²) in [5, 5.41) is 2.62. The van der Waals surface area contributed by atoms with Crippen LogP contribution in [0.5, 0.6) is 0 Å². The Kier molecular flexibility index (Phi) is 5.24. The number of hydrogen-bond donors (Lipinski definition) is 2. The van der Waals surface area contributed by atoms with Crippen molar-refractivity contribution in [3.05, 3.63) is 24.3 Å². The first-order valence-corrected chi connectivity index (χ1v) is 9.18. The molecule has 1 aliphatic carbocycles. The lowest BCUT2D eigenvalue weighted by molar-refractivity contribution is -0.114. The molecule has 1 fully saturated rings. The zero-order valence-corrected chi connectivity index (χ0v) is 14.1. The Morgan fingerprint density at radius 3 is 2.36 bits per heavy atom. The van der Waals surface area contributed by atoms with Gasteiger partial charge in [-0.25, -0.2) is 13.1 Å². The number of hydrogen-bond acceptors (Lipinski definition) is 3. The second-order valence-corrected chi connectivity index (χ2v) is 7.91. The molecule has 0 radical (unpaired) electrons. The molecule has 0 aliphatic heterocycles. The molecule has 1 saturated carbocycles. The summed E-state index contributed by atoms with van der Waals surface area (Å²) in [6.45, 7) is 5.70. The fourth-order valence-electron chi connectivity index (χ4n) is 2.94. The Hall–Kier alpha value is -1.40. The van der Waals surface area contributed by atoms with E-state index in [0.29, 0.717) is 17.5 Å². The molecule has 0 heterocycles. The van der Waals surface area contributed by atoms with Crippen molar-refractivity contribution in [2.45, 2.75) is 51.0 Å². The Bertz CT molecular complexity index is 625. The van der Waals surface area contributed by atoms with Crippen LogP contribution >= 0.6 is 0 Å². The maximum Gasteiger partial charge on any atom is 0.240 e. The quantitative estimate of drug-likeness (QED) is 0.894. The molecule has 2 N–H and O–H groups in total. The van der Waals surface area contributed by atoms with Gasteiger partial charge in [0.2, 0.25) is 15.9 Å². The van der Waals surface area contributed by atoms with Crippen molar-refractivity contribution >= 4 is 21.6 Å². The smallest absolute Gasteiger partial charge is 0.240 e. The van der Waals surface area contributed by atoms with Gasteiger partial charge in [0, 0.05) is 18.7 Å². The number of sulfonamides is 1. The Labute approximate surface area is 132 Å². The van der Waals surface area contributed by atoms with Gasteiger partial charge in [-0.1, -0.05) is 26.7 Å². The Morgan fingerprint density at radius 2 is 1.77 bits per heavy atom. The van der Waals surface area contributed by atoms with E-state index in [1.54, 1.807) is 12.1 Å². The predicted molar refractivity (Wildman–Crippen MR) is 87.0 cm³/mol. The SMILES string of the molecule is CC(=O)Nc1ccc(S(=O)(=O)NC2CCCC(C)C2C)cc1. The van der Waals surface area contributed by atoms with Crippen LogP contribution in [0.2, 0.25) is 0 Å². The molecule has 0 bridgehead atoms. The first-order chi connectivity index (χ1) is 10.3. The molecule has 1 aromatic rings. The van der Waals surface area contributed by atoms with E-state index in [4.69, 9.17) is 0 Å². The van der Waals surface area contributed by atoms with E-state index in [9.17, 15) is 13.2 Å². The number of anilines is 1. The number of carbonyl (C=O) groups excluding carboxylic acids is 1. The lowest BCUT2D eigenvalue weighted by atomic mass is 9.78. The highest BCUT2D eigenvalue weighted by Crippen LogP contribution is 2.30. The number of amides is 1. The minimum absolute atomic E-state index is 0.0104. The van der Waals surface area contributed by atoms with Gasteiger partial charge in [0.05, 0.1) is 4.90 Å². The molecule has 1 amide bonds. The molecule has 1 aromatic carbocycles. The average Bonchev–Trinajstić information content (AvgIpc) is 2.44. The van der Waals surface area contributed by atoms with Crippen molar-refractivity contribution in [3.63, 3.8) is 0 Å². The molecule has 2 rings (SSSR count).